The van der Waals surface area contributed by atoms with Crippen molar-refractivity contribution in [1.82, 2.24) is 5.32 Å². The molecule has 1 nitrogen and oxygen atoms in total. The van der Waals surface area contributed by atoms with E-state index in [0.717, 1.165) is 6.54 Å². The van der Waals surface area contributed by atoms with E-state index in [-0.39, 0.29) is 0 Å². The van der Waals surface area contributed by atoms with Gasteiger partial charge in [-0.05, 0) is 42.3 Å². The Hall–Kier alpha value is -0.340. The van der Waals surface area contributed by atoms with Crippen molar-refractivity contribution in [2.45, 2.75) is 71.3 Å². The van der Waals surface area contributed by atoms with Crippen molar-refractivity contribution in [2.75, 3.05) is 6.54 Å². The van der Waals surface area contributed by atoms with Gasteiger partial charge in [-0.3, -0.25) is 0 Å². The quantitative estimate of drug-likeness (QED) is 0.519. The lowest BCUT2D eigenvalue weighted by atomic mass is 10.1. The van der Waals surface area contributed by atoms with Gasteiger partial charge in [-0.1, -0.05) is 51.9 Å². The van der Waals surface area contributed by atoms with E-state index < -0.39 is 0 Å². The van der Waals surface area contributed by atoms with Crippen molar-refractivity contribution in [2.24, 2.45) is 0 Å². The SMILES string of the molecule is CCCCCCCCCCNC(C)c1ccsc1. The van der Waals surface area contributed by atoms with E-state index in [9.17, 15) is 0 Å². The van der Waals surface area contributed by atoms with E-state index >= 15 is 0 Å². The molecule has 0 radical (unpaired) electrons. The summed E-state index contributed by atoms with van der Waals surface area (Å²) in [4.78, 5) is 0. The van der Waals surface area contributed by atoms with Gasteiger partial charge in [-0.15, -0.1) is 0 Å². The fraction of sp³-hybridized carbons (Fsp3) is 0.750. The van der Waals surface area contributed by atoms with Crippen LogP contribution in [-0.2, 0) is 0 Å². The predicted octanol–water partition coefficient (Wildman–Crippen LogP) is 5.54. The van der Waals surface area contributed by atoms with Crippen molar-refractivity contribution >= 4 is 11.3 Å². The van der Waals surface area contributed by atoms with Crippen LogP contribution in [0, 0.1) is 0 Å². The third-order valence-electron chi connectivity index (χ3n) is 3.52. The molecule has 0 aliphatic rings. The largest absolute Gasteiger partial charge is 0.310 e. The Morgan fingerprint density at radius 1 is 1.06 bits per heavy atom. The van der Waals surface area contributed by atoms with Crippen LogP contribution in [0.3, 0.4) is 0 Å². The molecule has 0 aliphatic heterocycles. The van der Waals surface area contributed by atoms with E-state index in [0.29, 0.717) is 6.04 Å². The number of unbranched alkanes of at least 4 members (excludes halogenated alkanes) is 7. The molecule has 1 aromatic rings. The van der Waals surface area contributed by atoms with E-state index in [4.69, 9.17) is 0 Å². The van der Waals surface area contributed by atoms with Gasteiger partial charge in [0.05, 0.1) is 0 Å². The first kappa shape index (κ1) is 15.7. The van der Waals surface area contributed by atoms with Crippen LogP contribution in [-0.4, -0.2) is 6.54 Å². The lowest BCUT2D eigenvalue weighted by molar-refractivity contribution is 0.522. The number of hydrogen-bond acceptors (Lipinski definition) is 2. The molecule has 1 unspecified atom stereocenters. The molecule has 0 saturated carbocycles. The summed E-state index contributed by atoms with van der Waals surface area (Å²) >= 11 is 1.78. The molecule has 0 aromatic carbocycles. The second-order valence-electron chi connectivity index (χ2n) is 5.21. The van der Waals surface area contributed by atoms with Crippen molar-refractivity contribution in [3.8, 4) is 0 Å². The molecule has 1 heterocycles. The number of hydrogen-bond donors (Lipinski definition) is 1. The zero-order valence-corrected chi connectivity index (χ0v) is 12.9. The monoisotopic (exact) mass is 267 g/mol. The number of rotatable bonds is 11. The highest BCUT2D eigenvalue weighted by atomic mass is 32.1. The van der Waals surface area contributed by atoms with Gasteiger partial charge in [0.15, 0.2) is 0 Å². The topological polar surface area (TPSA) is 12.0 Å². The molecule has 18 heavy (non-hydrogen) atoms. The Morgan fingerprint density at radius 2 is 1.72 bits per heavy atom. The standard InChI is InChI=1S/C16H29NS/c1-3-4-5-6-7-8-9-10-12-17-15(2)16-11-13-18-14-16/h11,13-15,17H,3-10,12H2,1-2H3. The molecular weight excluding hydrogens is 238 g/mol. The van der Waals surface area contributed by atoms with Crippen LogP contribution in [0.25, 0.3) is 0 Å². The molecule has 2 heteroatoms. The first-order chi connectivity index (χ1) is 8.84. The molecule has 0 amide bonds. The Bertz CT molecular complexity index is 269. The minimum atomic E-state index is 0.515. The van der Waals surface area contributed by atoms with Crippen LogP contribution < -0.4 is 5.32 Å². The van der Waals surface area contributed by atoms with Gasteiger partial charge in [-0.25, -0.2) is 0 Å². The minimum Gasteiger partial charge on any atom is -0.310 e. The van der Waals surface area contributed by atoms with Crippen LogP contribution in [0.5, 0.6) is 0 Å². The Morgan fingerprint density at radius 3 is 2.33 bits per heavy atom. The van der Waals surface area contributed by atoms with Gasteiger partial charge in [0.2, 0.25) is 0 Å². The summed E-state index contributed by atoms with van der Waals surface area (Å²) in [5.74, 6) is 0. The molecule has 0 saturated heterocycles. The predicted molar refractivity (Wildman–Crippen MR) is 83.3 cm³/mol. The van der Waals surface area contributed by atoms with Crippen molar-refractivity contribution in [3.63, 3.8) is 0 Å². The smallest absolute Gasteiger partial charge is 0.0300 e. The van der Waals surface area contributed by atoms with Gasteiger partial charge >= 0.3 is 0 Å². The summed E-state index contributed by atoms with van der Waals surface area (Å²) in [5.41, 5.74) is 1.43. The maximum absolute atomic E-state index is 3.60. The van der Waals surface area contributed by atoms with Crippen molar-refractivity contribution < 1.29 is 0 Å². The highest BCUT2D eigenvalue weighted by Gasteiger charge is 2.03. The fourth-order valence-electron chi connectivity index (χ4n) is 2.22. The zero-order valence-electron chi connectivity index (χ0n) is 12.1. The van der Waals surface area contributed by atoms with E-state index in [1.807, 2.05) is 0 Å². The highest BCUT2D eigenvalue weighted by Crippen LogP contribution is 2.15. The molecular formula is C16H29NS. The van der Waals surface area contributed by atoms with Crippen LogP contribution in [0.15, 0.2) is 16.8 Å². The molecule has 1 rings (SSSR count). The van der Waals surface area contributed by atoms with Crippen molar-refractivity contribution in [1.29, 1.82) is 0 Å². The van der Waals surface area contributed by atoms with Crippen LogP contribution in [0.2, 0.25) is 0 Å². The average molecular weight is 267 g/mol. The van der Waals surface area contributed by atoms with Crippen LogP contribution >= 0.6 is 11.3 Å². The third kappa shape index (κ3) is 7.17. The highest BCUT2D eigenvalue weighted by molar-refractivity contribution is 7.07. The number of nitrogens with one attached hydrogen (secondary N) is 1. The van der Waals surface area contributed by atoms with E-state index in [2.05, 4.69) is 36.0 Å². The molecule has 104 valence electrons. The minimum absolute atomic E-state index is 0.515. The molecule has 0 aliphatic carbocycles. The molecule has 0 bridgehead atoms. The normalized spacial score (nSPS) is 12.8. The first-order valence-electron chi connectivity index (χ1n) is 7.60. The second-order valence-corrected chi connectivity index (χ2v) is 5.99. The molecule has 0 fully saturated rings. The van der Waals surface area contributed by atoms with Crippen LogP contribution in [0.4, 0.5) is 0 Å². The second kappa shape index (κ2) is 10.6. The molecule has 1 N–H and O–H groups in total. The van der Waals surface area contributed by atoms with Crippen LogP contribution in [0.1, 0.15) is 76.8 Å². The summed E-state index contributed by atoms with van der Waals surface area (Å²) in [6, 6.07) is 2.73. The lowest BCUT2D eigenvalue weighted by Crippen LogP contribution is -2.19. The van der Waals surface area contributed by atoms with Gasteiger partial charge in [0.1, 0.15) is 0 Å². The Kier molecular flexibility index (Phi) is 9.23. The zero-order chi connectivity index (χ0) is 13.1. The van der Waals surface area contributed by atoms with Crippen molar-refractivity contribution in [3.05, 3.63) is 22.4 Å². The summed E-state index contributed by atoms with van der Waals surface area (Å²) in [6.07, 6.45) is 11.2. The first-order valence-corrected chi connectivity index (χ1v) is 8.54. The van der Waals surface area contributed by atoms with E-state index in [1.54, 1.807) is 11.3 Å². The Balaban J connectivity index is 1.87. The van der Waals surface area contributed by atoms with Gasteiger partial charge in [0.25, 0.3) is 0 Å². The summed E-state index contributed by atoms with van der Waals surface area (Å²) in [5, 5.41) is 8.00. The average Bonchev–Trinajstić information content (AvgIpc) is 2.90. The molecule has 1 aromatic heterocycles. The van der Waals surface area contributed by atoms with Gasteiger partial charge in [0, 0.05) is 6.04 Å². The molecule has 0 spiro atoms. The number of thiophene rings is 1. The van der Waals surface area contributed by atoms with Gasteiger partial charge in [-0.2, -0.15) is 11.3 Å². The van der Waals surface area contributed by atoms with E-state index in [1.165, 1.54) is 56.9 Å². The maximum atomic E-state index is 3.60. The maximum Gasteiger partial charge on any atom is 0.0300 e. The summed E-state index contributed by atoms with van der Waals surface area (Å²) < 4.78 is 0. The molecule has 1 atom stereocenters. The lowest BCUT2D eigenvalue weighted by Gasteiger charge is -2.12. The fourth-order valence-corrected chi connectivity index (χ4v) is 2.97. The van der Waals surface area contributed by atoms with Gasteiger partial charge < -0.3 is 5.32 Å². The Labute approximate surface area is 117 Å². The third-order valence-corrected chi connectivity index (χ3v) is 4.23. The summed E-state index contributed by atoms with van der Waals surface area (Å²) in [6.45, 7) is 5.69. The summed E-state index contributed by atoms with van der Waals surface area (Å²) in [7, 11) is 0.